The zero-order valence-electron chi connectivity index (χ0n) is 12.6. The molecule has 2 saturated heterocycles. The Hall–Kier alpha value is -1.35. The molecule has 2 aliphatic heterocycles. The zero-order chi connectivity index (χ0) is 14.4. The summed E-state index contributed by atoms with van der Waals surface area (Å²) in [5, 5.41) is 0. The number of rotatable bonds is 2. The van der Waals surface area contributed by atoms with E-state index in [0.717, 1.165) is 13.1 Å². The quantitative estimate of drug-likeness (QED) is 0.829. The van der Waals surface area contributed by atoms with Gasteiger partial charge in [-0.15, -0.1) is 0 Å². The third-order valence-electron chi connectivity index (χ3n) is 4.79. The topological polar surface area (TPSA) is 29.5 Å². The van der Waals surface area contributed by atoms with E-state index in [2.05, 4.69) is 38.1 Å². The van der Waals surface area contributed by atoms with Gasteiger partial charge in [-0.2, -0.15) is 0 Å². The van der Waals surface area contributed by atoms with E-state index in [1.165, 1.54) is 5.56 Å². The average molecular weight is 273 g/mol. The van der Waals surface area contributed by atoms with Crippen molar-refractivity contribution in [3.05, 3.63) is 35.9 Å². The van der Waals surface area contributed by atoms with E-state index >= 15 is 0 Å². The van der Waals surface area contributed by atoms with E-state index in [4.69, 9.17) is 4.74 Å². The molecule has 0 bridgehead atoms. The summed E-state index contributed by atoms with van der Waals surface area (Å²) in [7, 11) is 0. The van der Waals surface area contributed by atoms with E-state index in [-0.39, 0.29) is 16.7 Å². The fourth-order valence-electron chi connectivity index (χ4n) is 3.44. The first-order valence-electron chi connectivity index (χ1n) is 7.34. The van der Waals surface area contributed by atoms with E-state index < -0.39 is 0 Å². The summed E-state index contributed by atoms with van der Waals surface area (Å²) in [6.45, 7) is 9.33. The van der Waals surface area contributed by atoms with Crippen molar-refractivity contribution in [2.75, 3.05) is 26.3 Å². The van der Waals surface area contributed by atoms with E-state index in [0.29, 0.717) is 19.1 Å². The summed E-state index contributed by atoms with van der Waals surface area (Å²) in [6, 6.07) is 10.6. The van der Waals surface area contributed by atoms with Gasteiger partial charge in [0.15, 0.2) is 0 Å². The summed E-state index contributed by atoms with van der Waals surface area (Å²) in [4.78, 5) is 14.7. The van der Waals surface area contributed by atoms with Gasteiger partial charge in [-0.25, -0.2) is 0 Å². The Bertz CT molecular complexity index is 505. The van der Waals surface area contributed by atoms with Crippen LogP contribution in [0.1, 0.15) is 32.3 Å². The summed E-state index contributed by atoms with van der Waals surface area (Å²) in [6.07, 6.45) is 0. The number of nitrogens with zero attached hydrogens (tertiary/aromatic N) is 1. The first kappa shape index (κ1) is 13.6. The molecule has 3 heteroatoms. The fraction of sp³-hybridized carbons (Fsp3) is 0.588. The summed E-state index contributed by atoms with van der Waals surface area (Å²) in [5.74, 6) is 0.674. The maximum Gasteiger partial charge on any atom is 0.233 e. The minimum atomic E-state index is -0.290. The van der Waals surface area contributed by atoms with Crippen molar-refractivity contribution >= 4 is 5.91 Å². The molecule has 20 heavy (non-hydrogen) atoms. The second-order valence-corrected chi connectivity index (χ2v) is 7.19. The first-order chi connectivity index (χ1) is 9.42. The second-order valence-electron chi connectivity index (χ2n) is 7.19. The Kier molecular flexibility index (Phi) is 3.13. The maximum atomic E-state index is 12.7. The molecule has 1 amide bonds. The molecule has 0 aliphatic carbocycles. The van der Waals surface area contributed by atoms with Crippen LogP contribution in [0, 0.1) is 10.8 Å². The van der Waals surface area contributed by atoms with Crippen molar-refractivity contribution in [2.45, 2.75) is 26.7 Å². The molecule has 0 aromatic heterocycles. The molecule has 1 atom stereocenters. The number of ether oxygens (including phenoxy) is 1. The van der Waals surface area contributed by atoms with Gasteiger partial charge in [-0.05, 0) is 17.9 Å². The normalized spacial score (nSPS) is 27.1. The van der Waals surface area contributed by atoms with Crippen molar-refractivity contribution in [3.8, 4) is 0 Å². The average Bonchev–Trinajstić information content (AvgIpc) is 2.72. The number of amides is 1. The lowest BCUT2D eigenvalue weighted by molar-refractivity contribution is -0.168. The van der Waals surface area contributed by atoms with Gasteiger partial charge in [-0.3, -0.25) is 4.79 Å². The molecule has 1 aromatic rings. The highest BCUT2D eigenvalue weighted by atomic mass is 16.5. The Morgan fingerprint density at radius 1 is 1.20 bits per heavy atom. The van der Waals surface area contributed by atoms with Crippen LogP contribution < -0.4 is 0 Å². The minimum Gasteiger partial charge on any atom is -0.379 e. The van der Waals surface area contributed by atoms with Crippen LogP contribution in [0.5, 0.6) is 0 Å². The molecule has 3 nitrogen and oxygen atoms in total. The number of carbonyl (C=O) groups excluding carboxylic acids is 1. The smallest absolute Gasteiger partial charge is 0.233 e. The monoisotopic (exact) mass is 273 g/mol. The lowest BCUT2D eigenvalue weighted by Crippen LogP contribution is -2.53. The van der Waals surface area contributed by atoms with E-state index in [9.17, 15) is 4.79 Å². The van der Waals surface area contributed by atoms with Gasteiger partial charge in [0.05, 0.1) is 18.6 Å². The molecule has 108 valence electrons. The molecule has 0 unspecified atom stereocenters. The highest BCUT2D eigenvalue weighted by Gasteiger charge is 2.49. The van der Waals surface area contributed by atoms with Gasteiger partial charge in [0.2, 0.25) is 5.91 Å². The van der Waals surface area contributed by atoms with Crippen LogP contribution >= 0.6 is 0 Å². The van der Waals surface area contributed by atoms with Crippen molar-refractivity contribution < 1.29 is 9.53 Å². The molecule has 2 heterocycles. The molecular formula is C17H23NO2. The summed E-state index contributed by atoms with van der Waals surface area (Å²) >= 11 is 0. The first-order valence-corrected chi connectivity index (χ1v) is 7.34. The molecule has 0 spiro atoms. The Morgan fingerprint density at radius 3 is 2.40 bits per heavy atom. The lowest BCUT2D eigenvalue weighted by Gasteiger charge is -2.39. The molecule has 0 saturated carbocycles. The Morgan fingerprint density at radius 2 is 1.85 bits per heavy atom. The SMILES string of the molecule is CC1(C(=O)N2C[C@@H](c3ccccc3)C(C)(C)C2)COC1. The van der Waals surface area contributed by atoms with Crippen molar-refractivity contribution in [1.29, 1.82) is 0 Å². The minimum absolute atomic E-state index is 0.123. The number of hydrogen-bond acceptors (Lipinski definition) is 2. The van der Waals surface area contributed by atoms with E-state index in [1.807, 2.05) is 17.9 Å². The number of hydrogen-bond donors (Lipinski definition) is 0. The van der Waals surface area contributed by atoms with Crippen LogP contribution in [0.3, 0.4) is 0 Å². The maximum absolute atomic E-state index is 12.7. The van der Waals surface area contributed by atoms with Crippen LogP contribution in [0.25, 0.3) is 0 Å². The van der Waals surface area contributed by atoms with Crippen LogP contribution in [-0.4, -0.2) is 37.1 Å². The van der Waals surface area contributed by atoms with Crippen LogP contribution in [-0.2, 0) is 9.53 Å². The van der Waals surface area contributed by atoms with Crippen LogP contribution in [0.4, 0.5) is 0 Å². The third kappa shape index (κ3) is 2.14. The van der Waals surface area contributed by atoms with Crippen LogP contribution in [0.15, 0.2) is 30.3 Å². The highest BCUT2D eigenvalue weighted by molar-refractivity contribution is 5.84. The van der Waals surface area contributed by atoms with Gasteiger partial charge >= 0.3 is 0 Å². The molecule has 0 radical (unpaired) electrons. The summed E-state index contributed by atoms with van der Waals surface area (Å²) in [5.41, 5.74) is 1.17. The van der Waals surface area contributed by atoms with Gasteiger partial charge in [0.25, 0.3) is 0 Å². The second kappa shape index (κ2) is 4.59. The molecule has 2 fully saturated rings. The zero-order valence-corrected chi connectivity index (χ0v) is 12.6. The fourth-order valence-corrected chi connectivity index (χ4v) is 3.44. The summed E-state index contributed by atoms with van der Waals surface area (Å²) < 4.78 is 5.23. The molecule has 2 aliphatic rings. The molecular weight excluding hydrogens is 250 g/mol. The number of benzene rings is 1. The van der Waals surface area contributed by atoms with Crippen LogP contribution in [0.2, 0.25) is 0 Å². The van der Waals surface area contributed by atoms with Gasteiger partial charge in [-0.1, -0.05) is 44.2 Å². The largest absolute Gasteiger partial charge is 0.379 e. The lowest BCUT2D eigenvalue weighted by atomic mass is 9.78. The van der Waals surface area contributed by atoms with Gasteiger partial charge in [0, 0.05) is 19.0 Å². The van der Waals surface area contributed by atoms with E-state index in [1.54, 1.807) is 0 Å². The highest BCUT2D eigenvalue weighted by Crippen LogP contribution is 2.44. The van der Waals surface area contributed by atoms with Crippen molar-refractivity contribution in [2.24, 2.45) is 10.8 Å². The Balaban J connectivity index is 1.80. The van der Waals surface area contributed by atoms with Crippen molar-refractivity contribution in [3.63, 3.8) is 0 Å². The Labute approximate surface area is 120 Å². The van der Waals surface area contributed by atoms with Gasteiger partial charge < -0.3 is 9.64 Å². The predicted octanol–water partition coefficient (Wildman–Crippen LogP) is 2.68. The van der Waals surface area contributed by atoms with Crippen molar-refractivity contribution in [1.82, 2.24) is 4.90 Å². The third-order valence-corrected chi connectivity index (χ3v) is 4.79. The predicted molar refractivity (Wildman–Crippen MR) is 78.5 cm³/mol. The molecule has 1 aromatic carbocycles. The number of likely N-dealkylation sites (tertiary alicyclic amines) is 1. The number of carbonyl (C=O) groups is 1. The van der Waals surface area contributed by atoms with Gasteiger partial charge in [0.1, 0.15) is 0 Å². The molecule has 0 N–H and O–H groups in total. The standard InChI is InChI=1S/C17H23NO2/c1-16(2)10-18(15(19)17(3)11-20-12-17)9-14(16)13-7-5-4-6-8-13/h4-8,14H,9-12H2,1-3H3/t14-/m0/s1. The molecule has 3 rings (SSSR count).